The summed E-state index contributed by atoms with van der Waals surface area (Å²) in [6.45, 7) is 2.41. The minimum absolute atomic E-state index is 0.388. The molecule has 0 radical (unpaired) electrons. The Labute approximate surface area is 208 Å². The summed E-state index contributed by atoms with van der Waals surface area (Å²) in [5.41, 5.74) is 5.55. The topological polar surface area (TPSA) is 89.0 Å². The number of anilines is 1. The predicted molar refractivity (Wildman–Crippen MR) is 135 cm³/mol. The Morgan fingerprint density at radius 1 is 1.03 bits per heavy atom. The van der Waals surface area contributed by atoms with Crippen LogP contribution >= 0.6 is 31.9 Å². The number of halogens is 2. The number of hydrazone groups is 1. The number of nitrogens with zero attached hydrogens (tertiary/aromatic N) is 1. The molecule has 0 saturated carbocycles. The zero-order chi connectivity index (χ0) is 23.8. The van der Waals surface area contributed by atoms with Gasteiger partial charge in [-0.1, -0.05) is 40.2 Å². The highest BCUT2D eigenvalue weighted by molar-refractivity contribution is 9.10. The molecule has 0 unspecified atom stereocenters. The lowest BCUT2D eigenvalue weighted by atomic mass is 10.1. The van der Waals surface area contributed by atoms with Crippen LogP contribution in [0.15, 0.2) is 74.7 Å². The number of methoxy groups -OCH3 is 1. The summed E-state index contributed by atoms with van der Waals surface area (Å²) in [5.74, 6) is -0.666. The summed E-state index contributed by atoms with van der Waals surface area (Å²) in [7, 11) is 1.54. The van der Waals surface area contributed by atoms with Crippen LogP contribution in [0.25, 0.3) is 0 Å². The first-order chi connectivity index (χ1) is 15.9. The van der Waals surface area contributed by atoms with Crippen molar-refractivity contribution in [1.82, 2.24) is 5.43 Å². The molecule has 0 spiro atoms. The van der Waals surface area contributed by atoms with Crippen molar-refractivity contribution in [1.29, 1.82) is 0 Å². The van der Waals surface area contributed by atoms with Gasteiger partial charge in [0.15, 0.2) is 11.5 Å². The van der Waals surface area contributed by atoms with Gasteiger partial charge in [-0.05, 0) is 75.9 Å². The third-order valence-corrected chi connectivity index (χ3v) is 5.69. The highest BCUT2D eigenvalue weighted by Gasteiger charge is 2.14. The van der Waals surface area contributed by atoms with Crippen LogP contribution < -0.4 is 20.2 Å². The van der Waals surface area contributed by atoms with Gasteiger partial charge in [-0.15, -0.1) is 0 Å². The lowest BCUT2D eigenvalue weighted by Crippen LogP contribution is -2.32. The fourth-order valence-corrected chi connectivity index (χ4v) is 3.65. The van der Waals surface area contributed by atoms with E-state index in [0.717, 1.165) is 15.6 Å². The van der Waals surface area contributed by atoms with Crippen molar-refractivity contribution in [3.8, 4) is 11.5 Å². The molecule has 3 aromatic carbocycles. The van der Waals surface area contributed by atoms with E-state index in [9.17, 15) is 9.59 Å². The zero-order valence-corrected chi connectivity index (χ0v) is 21.1. The number of ether oxygens (including phenoxy) is 2. The second-order valence-electron chi connectivity index (χ2n) is 6.91. The third-order valence-electron chi connectivity index (χ3n) is 4.57. The molecule has 2 N–H and O–H groups in total. The van der Waals surface area contributed by atoms with Gasteiger partial charge in [0.05, 0.1) is 17.8 Å². The maximum atomic E-state index is 12.0. The van der Waals surface area contributed by atoms with Crippen LogP contribution in [-0.2, 0) is 16.2 Å². The fourth-order valence-electron chi connectivity index (χ4n) is 2.81. The lowest BCUT2D eigenvalue weighted by Gasteiger charge is -2.14. The van der Waals surface area contributed by atoms with E-state index in [1.165, 1.54) is 13.3 Å². The molecule has 0 aliphatic heterocycles. The summed E-state index contributed by atoms with van der Waals surface area (Å²) in [4.78, 5) is 24.0. The first-order valence-electron chi connectivity index (χ1n) is 9.82. The quantitative estimate of drug-likeness (QED) is 0.231. The Kier molecular flexibility index (Phi) is 8.62. The van der Waals surface area contributed by atoms with Crippen molar-refractivity contribution in [3.63, 3.8) is 0 Å². The zero-order valence-electron chi connectivity index (χ0n) is 17.9. The number of hydrogen-bond donors (Lipinski definition) is 2. The van der Waals surface area contributed by atoms with Gasteiger partial charge in [-0.3, -0.25) is 9.59 Å². The van der Waals surface area contributed by atoms with E-state index >= 15 is 0 Å². The SMILES string of the molecule is COc1cc(/C=N/NC(=O)C(=O)Nc2ccc(Br)cc2)cc(Br)c1OCc1ccccc1C. The lowest BCUT2D eigenvalue weighted by molar-refractivity contribution is -0.136. The molecule has 3 aromatic rings. The molecule has 0 heterocycles. The first kappa shape index (κ1) is 24.5. The molecule has 2 amide bonds. The maximum Gasteiger partial charge on any atom is 0.329 e. The van der Waals surface area contributed by atoms with Crippen LogP contribution in [0.3, 0.4) is 0 Å². The number of aryl methyl sites for hydroxylation is 1. The van der Waals surface area contributed by atoms with Gasteiger partial charge in [-0.25, -0.2) is 5.43 Å². The number of amides is 2. The van der Waals surface area contributed by atoms with Gasteiger partial charge < -0.3 is 14.8 Å². The standard InChI is InChI=1S/C24H21Br2N3O4/c1-15-5-3-4-6-17(15)14-33-22-20(26)11-16(12-21(22)32-2)13-27-29-24(31)23(30)28-19-9-7-18(25)8-10-19/h3-13H,14H2,1-2H3,(H,28,30)(H,29,31)/b27-13+. The fraction of sp³-hybridized carbons (Fsp3) is 0.125. The third kappa shape index (κ3) is 6.90. The van der Waals surface area contributed by atoms with E-state index in [2.05, 4.69) is 47.7 Å². The van der Waals surface area contributed by atoms with Crippen molar-refractivity contribution < 1.29 is 19.1 Å². The second kappa shape index (κ2) is 11.6. The van der Waals surface area contributed by atoms with E-state index < -0.39 is 11.8 Å². The van der Waals surface area contributed by atoms with E-state index in [0.29, 0.717) is 33.8 Å². The van der Waals surface area contributed by atoms with Crippen LogP contribution in [0, 0.1) is 6.92 Å². The minimum Gasteiger partial charge on any atom is -0.493 e. The Balaban J connectivity index is 1.62. The molecule has 0 atom stereocenters. The largest absolute Gasteiger partial charge is 0.493 e. The van der Waals surface area contributed by atoms with Crippen molar-refractivity contribution in [3.05, 3.63) is 86.3 Å². The maximum absolute atomic E-state index is 12.0. The van der Waals surface area contributed by atoms with E-state index in [-0.39, 0.29) is 0 Å². The van der Waals surface area contributed by atoms with E-state index in [1.54, 1.807) is 36.4 Å². The molecule has 0 bridgehead atoms. The Hall–Kier alpha value is -3.17. The van der Waals surface area contributed by atoms with Crippen LogP contribution in [0.4, 0.5) is 5.69 Å². The van der Waals surface area contributed by atoms with Gasteiger partial charge in [0.2, 0.25) is 0 Å². The normalized spacial score (nSPS) is 10.7. The summed E-state index contributed by atoms with van der Waals surface area (Å²) < 4.78 is 13.0. The highest BCUT2D eigenvalue weighted by Crippen LogP contribution is 2.37. The summed E-state index contributed by atoms with van der Waals surface area (Å²) >= 11 is 6.80. The van der Waals surface area contributed by atoms with Crippen molar-refractivity contribution in [2.75, 3.05) is 12.4 Å². The Bertz CT molecular complexity index is 1180. The average Bonchev–Trinajstić information content (AvgIpc) is 2.80. The van der Waals surface area contributed by atoms with Crippen LogP contribution in [0.5, 0.6) is 11.5 Å². The van der Waals surface area contributed by atoms with Gasteiger partial charge in [0.25, 0.3) is 0 Å². The van der Waals surface area contributed by atoms with Gasteiger partial charge in [0, 0.05) is 10.2 Å². The molecule has 0 aliphatic rings. The van der Waals surface area contributed by atoms with Gasteiger partial charge in [-0.2, -0.15) is 5.10 Å². The molecule has 0 aromatic heterocycles. The second-order valence-corrected chi connectivity index (χ2v) is 8.68. The number of hydrogen-bond acceptors (Lipinski definition) is 5. The van der Waals surface area contributed by atoms with Gasteiger partial charge in [0.1, 0.15) is 6.61 Å². The first-order valence-corrected chi connectivity index (χ1v) is 11.4. The predicted octanol–water partition coefficient (Wildman–Crippen LogP) is 5.20. The van der Waals surface area contributed by atoms with Gasteiger partial charge >= 0.3 is 11.8 Å². The molecular formula is C24H21Br2N3O4. The molecular weight excluding hydrogens is 554 g/mol. The van der Waals surface area contributed by atoms with Crippen molar-refractivity contribution in [2.24, 2.45) is 5.10 Å². The molecule has 7 nitrogen and oxygen atoms in total. The molecule has 33 heavy (non-hydrogen) atoms. The van der Waals surface area contributed by atoms with Crippen LogP contribution in [0.1, 0.15) is 16.7 Å². The monoisotopic (exact) mass is 573 g/mol. The van der Waals surface area contributed by atoms with E-state index in [1.807, 2.05) is 31.2 Å². The van der Waals surface area contributed by atoms with E-state index in [4.69, 9.17) is 9.47 Å². The number of nitrogens with one attached hydrogen (secondary N) is 2. The number of rotatable bonds is 7. The minimum atomic E-state index is -0.890. The summed E-state index contributed by atoms with van der Waals surface area (Å²) in [6.07, 6.45) is 1.41. The number of carbonyl (C=O) groups is 2. The molecule has 3 rings (SSSR count). The highest BCUT2D eigenvalue weighted by atomic mass is 79.9. The smallest absolute Gasteiger partial charge is 0.329 e. The number of benzene rings is 3. The Morgan fingerprint density at radius 2 is 1.76 bits per heavy atom. The molecule has 0 fully saturated rings. The molecule has 170 valence electrons. The van der Waals surface area contributed by atoms with Crippen LogP contribution in [-0.4, -0.2) is 25.1 Å². The molecule has 0 aliphatic carbocycles. The van der Waals surface area contributed by atoms with Crippen molar-refractivity contribution >= 4 is 55.6 Å². The summed E-state index contributed by atoms with van der Waals surface area (Å²) in [6, 6.07) is 18.3. The molecule has 9 heteroatoms. The van der Waals surface area contributed by atoms with Crippen LogP contribution in [0.2, 0.25) is 0 Å². The summed E-state index contributed by atoms with van der Waals surface area (Å²) in [5, 5.41) is 6.35. The van der Waals surface area contributed by atoms with Crippen molar-refractivity contribution in [2.45, 2.75) is 13.5 Å². The average molecular weight is 575 g/mol. The number of carbonyl (C=O) groups excluding carboxylic acids is 2. The molecule has 0 saturated heterocycles. The Morgan fingerprint density at radius 3 is 2.45 bits per heavy atom.